The van der Waals surface area contributed by atoms with Crippen molar-refractivity contribution in [2.45, 2.75) is 20.8 Å². The SMILES string of the molecule is Cc1ccccc1[Si](Br)(c1ccccc1C)c1ccccc1C. The average Bonchev–Trinajstić information content (AvgIpc) is 2.55. The van der Waals surface area contributed by atoms with Crippen LogP contribution >= 0.6 is 15.3 Å². The van der Waals surface area contributed by atoms with E-state index >= 15 is 0 Å². The smallest absolute Gasteiger partial charge is 0.108 e. The Hall–Kier alpha value is -1.64. The van der Waals surface area contributed by atoms with E-state index in [1.807, 2.05) is 0 Å². The highest BCUT2D eigenvalue weighted by atomic mass is 79.9. The maximum atomic E-state index is 4.30. The fourth-order valence-electron chi connectivity index (χ4n) is 3.31. The summed E-state index contributed by atoms with van der Waals surface area (Å²) in [6, 6.07) is 26.3. The first-order valence-electron chi connectivity index (χ1n) is 7.92. The molecular weight excluding hydrogens is 360 g/mol. The van der Waals surface area contributed by atoms with Crippen molar-refractivity contribution in [1.29, 1.82) is 0 Å². The molecule has 0 aliphatic rings. The predicted molar refractivity (Wildman–Crippen MR) is 107 cm³/mol. The lowest BCUT2D eigenvalue weighted by Gasteiger charge is -2.31. The van der Waals surface area contributed by atoms with E-state index < -0.39 is 6.69 Å². The Morgan fingerprint density at radius 3 is 1.04 bits per heavy atom. The van der Waals surface area contributed by atoms with E-state index in [4.69, 9.17) is 0 Å². The summed E-state index contributed by atoms with van der Waals surface area (Å²) in [6.45, 7) is 4.45. The second kappa shape index (κ2) is 6.46. The molecule has 0 bridgehead atoms. The van der Waals surface area contributed by atoms with Gasteiger partial charge in [0.2, 0.25) is 6.69 Å². The highest BCUT2D eigenvalue weighted by Gasteiger charge is 2.39. The molecule has 0 amide bonds. The first-order chi connectivity index (χ1) is 11.0. The fraction of sp³-hybridized carbons (Fsp3) is 0.143. The maximum absolute atomic E-state index is 4.30. The van der Waals surface area contributed by atoms with Crippen molar-refractivity contribution >= 4 is 37.5 Å². The van der Waals surface area contributed by atoms with Gasteiger partial charge in [0.1, 0.15) is 0 Å². The quantitative estimate of drug-likeness (QED) is 0.366. The van der Waals surface area contributed by atoms with Crippen molar-refractivity contribution in [1.82, 2.24) is 0 Å². The van der Waals surface area contributed by atoms with Crippen LogP contribution in [0.1, 0.15) is 16.7 Å². The van der Waals surface area contributed by atoms with Crippen LogP contribution < -0.4 is 15.6 Å². The summed E-state index contributed by atoms with van der Waals surface area (Å²) < 4.78 is 0. The molecule has 0 N–H and O–H groups in total. The standard InChI is InChI=1S/C21H21BrSi/c1-16-10-4-7-13-19(16)23(22,20-14-8-5-11-17(20)2)21-15-9-6-12-18(21)3/h4-15H,1-3H3. The van der Waals surface area contributed by atoms with Crippen LogP contribution in [0.5, 0.6) is 0 Å². The van der Waals surface area contributed by atoms with Crippen LogP contribution in [0.3, 0.4) is 0 Å². The van der Waals surface area contributed by atoms with Gasteiger partial charge in [-0.2, -0.15) is 0 Å². The molecule has 3 aromatic rings. The van der Waals surface area contributed by atoms with Gasteiger partial charge >= 0.3 is 0 Å². The Labute approximate surface area is 147 Å². The molecule has 0 aromatic heterocycles. The molecule has 0 saturated carbocycles. The maximum Gasteiger partial charge on any atom is 0.222 e. The molecule has 116 valence electrons. The minimum atomic E-state index is -2.20. The average molecular weight is 381 g/mol. The minimum absolute atomic E-state index is 1.35. The summed E-state index contributed by atoms with van der Waals surface area (Å²) in [5, 5.41) is 4.30. The van der Waals surface area contributed by atoms with E-state index in [1.54, 1.807) is 0 Å². The third-order valence-corrected chi connectivity index (χ3v) is 12.3. The number of hydrogen-bond acceptors (Lipinski definition) is 0. The summed E-state index contributed by atoms with van der Waals surface area (Å²) in [7, 11) is 0. The predicted octanol–water partition coefficient (Wildman–Crippen LogP) is 3.97. The molecule has 0 nitrogen and oxygen atoms in total. The van der Waals surface area contributed by atoms with Gasteiger partial charge in [-0.3, -0.25) is 0 Å². The Balaban J connectivity index is 2.38. The van der Waals surface area contributed by atoms with Crippen LogP contribution in [0.2, 0.25) is 0 Å². The normalized spacial score (nSPS) is 11.5. The van der Waals surface area contributed by atoms with Crippen molar-refractivity contribution < 1.29 is 0 Å². The molecule has 23 heavy (non-hydrogen) atoms. The van der Waals surface area contributed by atoms with Crippen LogP contribution in [-0.4, -0.2) is 6.69 Å². The Morgan fingerprint density at radius 1 is 0.522 bits per heavy atom. The van der Waals surface area contributed by atoms with Gasteiger partial charge in [0.25, 0.3) is 0 Å². The lowest BCUT2D eigenvalue weighted by atomic mass is 10.2. The zero-order valence-corrected chi connectivity index (χ0v) is 16.4. The van der Waals surface area contributed by atoms with Gasteiger partial charge in [-0.1, -0.05) is 89.5 Å². The van der Waals surface area contributed by atoms with E-state index in [-0.39, 0.29) is 0 Å². The second-order valence-corrected chi connectivity index (χ2v) is 12.6. The van der Waals surface area contributed by atoms with Crippen molar-refractivity contribution in [2.24, 2.45) is 0 Å². The minimum Gasteiger partial charge on any atom is -0.108 e. The molecular formula is C21H21BrSi. The number of benzene rings is 3. The third-order valence-electron chi connectivity index (χ3n) is 4.55. The zero-order valence-electron chi connectivity index (χ0n) is 13.8. The van der Waals surface area contributed by atoms with E-state index in [1.165, 1.54) is 32.3 Å². The molecule has 2 heteroatoms. The fourth-order valence-corrected chi connectivity index (χ4v) is 11.0. The monoisotopic (exact) mass is 380 g/mol. The molecule has 0 spiro atoms. The Kier molecular flexibility index (Phi) is 4.56. The van der Waals surface area contributed by atoms with Crippen LogP contribution in [0, 0.1) is 20.8 Å². The van der Waals surface area contributed by atoms with Crippen LogP contribution in [0.25, 0.3) is 0 Å². The van der Waals surface area contributed by atoms with Crippen molar-refractivity contribution in [3.05, 3.63) is 89.5 Å². The van der Waals surface area contributed by atoms with Gasteiger partial charge in [-0.15, -0.1) is 15.3 Å². The van der Waals surface area contributed by atoms with E-state index in [9.17, 15) is 0 Å². The van der Waals surface area contributed by atoms with Gasteiger partial charge in [0, 0.05) is 0 Å². The lowest BCUT2D eigenvalue weighted by molar-refractivity contribution is 1.47. The van der Waals surface area contributed by atoms with Gasteiger partial charge in [0.15, 0.2) is 0 Å². The van der Waals surface area contributed by atoms with Crippen molar-refractivity contribution in [3.63, 3.8) is 0 Å². The molecule has 0 unspecified atom stereocenters. The van der Waals surface area contributed by atoms with Crippen LogP contribution in [0.15, 0.2) is 72.8 Å². The van der Waals surface area contributed by atoms with Gasteiger partial charge in [0.05, 0.1) is 0 Å². The van der Waals surface area contributed by atoms with E-state index in [0.29, 0.717) is 0 Å². The third kappa shape index (κ3) is 2.82. The van der Waals surface area contributed by atoms with E-state index in [2.05, 4.69) is 109 Å². The second-order valence-electron chi connectivity index (χ2n) is 6.10. The summed E-state index contributed by atoms with van der Waals surface area (Å²) in [5.74, 6) is 0. The zero-order chi connectivity index (χ0) is 16.4. The highest BCUT2D eigenvalue weighted by molar-refractivity contribution is 9.27. The van der Waals surface area contributed by atoms with Gasteiger partial charge < -0.3 is 0 Å². The number of aryl methyl sites for hydroxylation is 3. The summed E-state index contributed by atoms with van der Waals surface area (Å²) in [4.78, 5) is 0. The van der Waals surface area contributed by atoms with Crippen LogP contribution in [-0.2, 0) is 0 Å². The van der Waals surface area contributed by atoms with Crippen molar-refractivity contribution in [2.75, 3.05) is 0 Å². The number of hydrogen-bond donors (Lipinski definition) is 0. The molecule has 0 aliphatic heterocycles. The van der Waals surface area contributed by atoms with Crippen LogP contribution in [0.4, 0.5) is 0 Å². The van der Waals surface area contributed by atoms with Gasteiger partial charge in [-0.25, -0.2) is 0 Å². The number of rotatable bonds is 3. The molecule has 0 radical (unpaired) electrons. The number of halogens is 1. The molecule has 0 fully saturated rings. The molecule has 0 atom stereocenters. The first-order valence-corrected chi connectivity index (χ1v) is 12.2. The summed E-state index contributed by atoms with van der Waals surface area (Å²) >= 11 is 4.30. The summed E-state index contributed by atoms with van der Waals surface area (Å²) in [6.07, 6.45) is 0. The molecule has 3 aromatic carbocycles. The van der Waals surface area contributed by atoms with Gasteiger partial charge in [-0.05, 0) is 36.3 Å². The Morgan fingerprint density at radius 2 is 0.783 bits per heavy atom. The lowest BCUT2D eigenvalue weighted by Crippen LogP contribution is -2.64. The molecule has 0 heterocycles. The summed E-state index contributed by atoms with van der Waals surface area (Å²) in [5.41, 5.74) is 4.05. The molecule has 0 saturated heterocycles. The topological polar surface area (TPSA) is 0 Å². The molecule has 0 aliphatic carbocycles. The first kappa shape index (κ1) is 16.2. The Bertz CT molecular complexity index is 728. The highest BCUT2D eigenvalue weighted by Crippen LogP contribution is 2.19. The largest absolute Gasteiger partial charge is 0.222 e. The molecule has 3 rings (SSSR count). The van der Waals surface area contributed by atoms with Crippen molar-refractivity contribution in [3.8, 4) is 0 Å². The van der Waals surface area contributed by atoms with E-state index in [0.717, 1.165) is 0 Å².